The average Bonchev–Trinajstić information content (AvgIpc) is 3.32. The number of amides is 2. The Morgan fingerprint density at radius 3 is 2.41 bits per heavy atom. The van der Waals surface area contributed by atoms with Gasteiger partial charge in [0.05, 0.1) is 6.42 Å². The molecule has 1 aromatic rings. The van der Waals surface area contributed by atoms with Crippen LogP contribution in [0, 0.1) is 0 Å². The number of rotatable bonds is 16. The molecule has 2 atom stereocenters. The maximum atomic E-state index is 13.2. The van der Waals surface area contributed by atoms with Crippen LogP contribution < -0.4 is 11.1 Å². The first-order valence-corrected chi connectivity index (χ1v) is 16.7. The van der Waals surface area contributed by atoms with Crippen molar-refractivity contribution in [2.45, 2.75) is 108 Å². The highest BCUT2D eigenvalue weighted by molar-refractivity contribution is 8.15. The SMILES string of the molecule is CCCCCCN1C(=NC(=O)c2ccc(C(N)=NCCCC(=O)OC3CCCCC3)cc2)SC(C(=O)NCCC(=O)O)C1C. The predicted molar refractivity (Wildman–Crippen MR) is 173 cm³/mol. The van der Waals surface area contributed by atoms with E-state index in [1.54, 1.807) is 24.3 Å². The number of amidine groups is 2. The lowest BCUT2D eigenvalue weighted by Crippen LogP contribution is -2.43. The van der Waals surface area contributed by atoms with E-state index in [9.17, 15) is 19.2 Å². The number of aliphatic imine (C=N–C) groups is 2. The van der Waals surface area contributed by atoms with Crippen LogP contribution in [0.4, 0.5) is 0 Å². The Bertz CT molecular complexity index is 1180. The van der Waals surface area contributed by atoms with Crippen LogP contribution in [-0.2, 0) is 19.1 Å². The van der Waals surface area contributed by atoms with Gasteiger partial charge in [0.15, 0.2) is 5.17 Å². The number of nitrogens with zero attached hydrogens (tertiary/aromatic N) is 3. The maximum absolute atomic E-state index is 13.2. The molecule has 1 heterocycles. The Kier molecular flexibility index (Phi) is 14.7. The highest BCUT2D eigenvalue weighted by Crippen LogP contribution is 2.33. The Morgan fingerprint density at radius 2 is 1.73 bits per heavy atom. The molecule has 1 aliphatic carbocycles. The number of ether oxygens (including phenoxy) is 1. The number of benzene rings is 1. The summed E-state index contributed by atoms with van der Waals surface area (Å²) in [4.78, 5) is 59.7. The number of nitrogens with two attached hydrogens (primary N) is 1. The number of hydrogen-bond acceptors (Lipinski definition) is 7. The van der Waals surface area contributed by atoms with Crippen molar-refractivity contribution < 1.29 is 29.0 Å². The summed E-state index contributed by atoms with van der Waals surface area (Å²) >= 11 is 1.23. The first kappa shape index (κ1) is 35.1. The van der Waals surface area contributed by atoms with Crippen molar-refractivity contribution in [2.75, 3.05) is 19.6 Å². The van der Waals surface area contributed by atoms with E-state index in [1.165, 1.54) is 18.2 Å². The topological polar surface area (TPSA) is 164 Å². The molecule has 2 fully saturated rings. The summed E-state index contributed by atoms with van der Waals surface area (Å²) in [5.41, 5.74) is 7.20. The first-order chi connectivity index (χ1) is 21.2. The molecule has 11 nitrogen and oxygen atoms in total. The minimum atomic E-state index is -0.978. The smallest absolute Gasteiger partial charge is 0.306 e. The van der Waals surface area contributed by atoms with Crippen molar-refractivity contribution >= 4 is 46.5 Å². The molecule has 1 aliphatic heterocycles. The summed E-state index contributed by atoms with van der Waals surface area (Å²) in [6.45, 7) is 5.18. The van der Waals surface area contributed by atoms with E-state index in [1.807, 2.05) is 11.8 Å². The van der Waals surface area contributed by atoms with Crippen molar-refractivity contribution in [1.82, 2.24) is 10.2 Å². The van der Waals surface area contributed by atoms with Crippen molar-refractivity contribution in [3.05, 3.63) is 35.4 Å². The lowest BCUT2D eigenvalue weighted by Gasteiger charge is -2.25. The molecule has 2 amide bonds. The van der Waals surface area contributed by atoms with Crippen molar-refractivity contribution in [2.24, 2.45) is 15.7 Å². The van der Waals surface area contributed by atoms with Gasteiger partial charge >= 0.3 is 11.9 Å². The van der Waals surface area contributed by atoms with Crippen molar-refractivity contribution in [3.63, 3.8) is 0 Å². The lowest BCUT2D eigenvalue weighted by atomic mass is 9.98. The predicted octanol–water partition coefficient (Wildman–Crippen LogP) is 4.52. The van der Waals surface area contributed by atoms with Gasteiger partial charge in [-0.15, -0.1) is 0 Å². The van der Waals surface area contributed by atoms with Crippen LogP contribution in [0.5, 0.6) is 0 Å². The molecule has 2 unspecified atom stereocenters. The fourth-order valence-corrected chi connectivity index (χ4v) is 6.55. The zero-order chi connectivity index (χ0) is 31.9. The normalized spacial score (nSPS) is 20.1. The Morgan fingerprint density at radius 1 is 1.02 bits per heavy atom. The van der Waals surface area contributed by atoms with Gasteiger partial charge < -0.3 is 25.8 Å². The second kappa shape index (κ2) is 18.4. The number of nitrogens with one attached hydrogen (secondary N) is 1. The molecular weight excluding hydrogens is 582 g/mol. The first-order valence-electron chi connectivity index (χ1n) is 15.8. The van der Waals surface area contributed by atoms with E-state index in [4.69, 9.17) is 15.6 Å². The summed E-state index contributed by atoms with van der Waals surface area (Å²) in [5.74, 6) is -1.53. The van der Waals surface area contributed by atoms with Gasteiger partial charge in [0.1, 0.15) is 17.2 Å². The van der Waals surface area contributed by atoms with Crippen LogP contribution >= 0.6 is 11.8 Å². The highest BCUT2D eigenvalue weighted by Gasteiger charge is 2.40. The van der Waals surface area contributed by atoms with Gasteiger partial charge in [0, 0.05) is 43.2 Å². The summed E-state index contributed by atoms with van der Waals surface area (Å²) in [6, 6.07) is 6.53. The van der Waals surface area contributed by atoms with Gasteiger partial charge in [-0.25, -0.2) is 0 Å². The standard InChI is InChI=1S/C32H47N5O6S/c1-3-4-5-9-21-37-22(2)28(31(42)35-20-18-26(38)39)44-32(37)36-30(41)24-16-14-23(15-17-24)29(33)34-19-10-13-27(40)43-25-11-7-6-8-12-25/h14-17,22,25,28H,3-13,18-21H2,1-2H3,(H2,33,34)(H,35,42)(H,38,39). The Labute approximate surface area is 264 Å². The second-order valence-electron chi connectivity index (χ2n) is 11.4. The van der Waals surface area contributed by atoms with E-state index in [2.05, 4.69) is 22.2 Å². The number of carboxylic acids is 1. The summed E-state index contributed by atoms with van der Waals surface area (Å²) in [5, 5.41) is 11.6. The van der Waals surface area contributed by atoms with Crippen LogP contribution in [0.25, 0.3) is 0 Å². The number of hydrogen-bond donors (Lipinski definition) is 3. The zero-order valence-electron chi connectivity index (χ0n) is 26.0. The Balaban J connectivity index is 1.58. The molecule has 0 spiro atoms. The molecule has 242 valence electrons. The Hall–Kier alpha value is -3.41. The third-order valence-electron chi connectivity index (χ3n) is 7.85. The molecule has 1 saturated heterocycles. The van der Waals surface area contributed by atoms with Crippen LogP contribution in [0.1, 0.15) is 107 Å². The van der Waals surface area contributed by atoms with Gasteiger partial charge in [-0.3, -0.25) is 24.2 Å². The molecule has 3 rings (SSSR count). The van der Waals surface area contributed by atoms with Crippen LogP contribution in [0.2, 0.25) is 0 Å². The van der Waals surface area contributed by atoms with Crippen LogP contribution in [0.15, 0.2) is 34.3 Å². The fraction of sp³-hybridized carbons (Fsp3) is 0.625. The quantitative estimate of drug-likeness (QED) is 0.103. The molecule has 2 aliphatic rings. The highest BCUT2D eigenvalue weighted by atomic mass is 32.2. The van der Waals surface area contributed by atoms with Gasteiger partial charge in [0.25, 0.3) is 5.91 Å². The summed E-state index contributed by atoms with van der Waals surface area (Å²) < 4.78 is 5.54. The van der Waals surface area contributed by atoms with Crippen molar-refractivity contribution in [3.8, 4) is 0 Å². The van der Waals surface area contributed by atoms with E-state index in [0.717, 1.165) is 51.4 Å². The van der Waals surface area contributed by atoms with E-state index >= 15 is 0 Å². The van der Waals surface area contributed by atoms with E-state index < -0.39 is 17.1 Å². The molecule has 0 radical (unpaired) electrons. The third kappa shape index (κ3) is 11.3. The maximum Gasteiger partial charge on any atom is 0.306 e. The molecule has 0 aromatic heterocycles. The van der Waals surface area contributed by atoms with Gasteiger partial charge in [-0.1, -0.05) is 56.5 Å². The van der Waals surface area contributed by atoms with Crippen LogP contribution in [-0.4, -0.2) is 81.8 Å². The number of unbranched alkanes of at least 4 members (excludes halogenated alkanes) is 3. The van der Waals surface area contributed by atoms with E-state index in [0.29, 0.717) is 48.1 Å². The number of aliphatic carboxylic acids is 1. The number of carboxylic acid groups (broad SMARTS) is 1. The molecular formula is C32H47N5O6S. The molecule has 44 heavy (non-hydrogen) atoms. The monoisotopic (exact) mass is 629 g/mol. The molecule has 1 aromatic carbocycles. The lowest BCUT2D eigenvalue weighted by molar-refractivity contribution is -0.150. The third-order valence-corrected chi connectivity index (χ3v) is 9.25. The molecule has 1 saturated carbocycles. The van der Waals surface area contributed by atoms with Crippen LogP contribution in [0.3, 0.4) is 0 Å². The fourth-order valence-electron chi connectivity index (χ4n) is 5.26. The number of thioether (sulfide) groups is 1. The summed E-state index contributed by atoms with van der Waals surface area (Å²) in [7, 11) is 0. The molecule has 0 bridgehead atoms. The number of carbonyl (C=O) groups is 4. The molecule has 12 heteroatoms. The van der Waals surface area contributed by atoms with Gasteiger partial charge in [-0.2, -0.15) is 4.99 Å². The number of esters is 1. The van der Waals surface area contributed by atoms with Gasteiger partial charge in [-0.05, 0) is 57.6 Å². The van der Waals surface area contributed by atoms with Gasteiger partial charge in [0.2, 0.25) is 5.91 Å². The molecule has 4 N–H and O–H groups in total. The van der Waals surface area contributed by atoms with Crippen molar-refractivity contribution in [1.29, 1.82) is 0 Å². The minimum Gasteiger partial charge on any atom is -0.481 e. The average molecular weight is 630 g/mol. The van der Waals surface area contributed by atoms with E-state index in [-0.39, 0.29) is 37.0 Å². The minimum absolute atomic E-state index is 0.0472. The zero-order valence-corrected chi connectivity index (χ0v) is 26.8. The largest absolute Gasteiger partial charge is 0.481 e. The second-order valence-corrected chi connectivity index (χ2v) is 12.5. The number of carbonyl (C=O) groups excluding carboxylic acids is 3. The summed E-state index contributed by atoms with van der Waals surface area (Å²) in [6.07, 6.45) is 10.2.